The zero-order valence-electron chi connectivity index (χ0n) is 7.59. The van der Waals surface area contributed by atoms with Crippen molar-refractivity contribution in [1.29, 1.82) is 0 Å². The zero-order valence-corrected chi connectivity index (χ0v) is 9.92. The summed E-state index contributed by atoms with van der Waals surface area (Å²) in [5.74, 6) is 0.649. The molecule has 0 spiro atoms. The predicted octanol–water partition coefficient (Wildman–Crippen LogP) is 3.23. The van der Waals surface area contributed by atoms with Crippen molar-refractivity contribution in [3.8, 4) is 0 Å². The van der Waals surface area contributed by atoms with E-state index in [0.29, 0.717) is 5.88 Å². The summed E-state index contributed by atoms with van der Waals surface area (Å²) in [5.41, 5.74) is 0.985. The summed E-state index contributed by atoms with van der Waals surface area (Å²) in [5, 5.41) is 3.84. The molecule has 0 saturated carbocycles. The van der Waals surface area contributed by atoms with Gasteiger partial charge in [0, 0.05) is 23.0 Å². The first-order valence-electron chi connectivity index (χ1n) is 4.34. The molecule has 0 saturated heterocycles. The first kappa shape index (κ1) is 11.8. The lowest BCUT2D eigenvalue weighted by Gasteiger charge is -2.06. The Morgan fingerprint density at radius 3 is 2.50 bits per heavy atom. The number of hydrogen-bond donors (Lipinski definition) is 1. The standard InChI is InChI=1S/C10H11Cl2NS/c11-6-1-7-13-10(14)8-2-4-9(12)5-3-8/h2-5H,1,6-7H2,(H,13,14). The van der Waals surface area contributed by atoms with Gasteiger partial charge in [-0.15, -0.1) is 11.6 Å². The maximum atomic E-state index is 5.76. The fourth-order valence-electron chi connectivity index (χ4n) is 0.972. The fourth-order valence-corrected chi connectivity index (χ4v) is 1.47. The van der Waals surface area contributed by atoms with Crippen molar-refractivity contribution in [2.24, 2.45) is 0 Å². The van der Waals surface area contributed by atoms with Crippen LogP contribution >= 0.6 is 35.4 Å². The van der Waals surface area contributed by atoms with Crippen LogP contribution < -0.4 is 5.32 Å². The lowest BCUT2D eigenvalue weighted by atomic mass is 10.2. The van der Waals surface area contributed by atoms with E-state index in [-0.39, 0.29) is 0 Å². The SMILES string of the molecule is S=C(NCCCCl)c1ccc(Cl)cc1. The normalized spacial score (nSPS) is 9.86. The van der Waals surface area contributed by atoms with Gasteiger partial charge >= 0.3 is 0 Å². The van der Waals surface area contributed by atoms with E-state index in [1.165, 1.54) is 0 Å². The highest BCUT2D eigenvalue weighted by molar-refractivity contribution is 7.80. The molecule has 0 bridgehead atoms. The van der Waals surface area contributed by atoms with E-state index >= 15 is 0 Å². The molecule has 0 fully saturated rings. The molecule has 1 aromatic rings. The monoisotopic (exact) mass is 247 g/mol. The molecule has 0 atom stereocenters. The number of rotatable bonds is 4. The minimum Gasteiger partial charge on any atom is -0.376 e. The average Bonchev–Trinajstić information content (AvgIpc) is 2.19. The van der Waals surface area contributed by atoms with Gasteiger partial charge in [-0.3, -0.25) is 0 Å². The molecule has 4 heteroatoms. The fraction of sp³-hybridized carbons (Fsp3) is 0.300. The van der Waals surface area contributed by atoms with E-state index < -0.39 is 0 Å². The topological polar surface area (TPSA) is 12.0 Å². The van der Waals surface area contributed by atoms with Crippen LogP contribution in [0.2, 0.25) is 5.02 Å². The first-order chi connectivity index (χ1) is 6.74. The van der Waals surface area contributed by atoms with Crippen LogP contribution in [0, 0.1) is 0 Å². The summed E-state index contributed by atoms with van der Waals surface area (Å²) in [6.45, 7) is 0.810. The minimum atomic E-state index is 0.649. The third-order valence-corrected chi connectivity index (χ3v) is 2.60. The second kappa shape index (κ2) is 6.23. The predicted molar refractivity (Wildman–Crippen MR) is 66.5 cm³/mol. The summed E-state index contributed by atoms with van der Waals surface area (Å²) in [6, 6.07) is 7.45. The molecule has 0 amide bonds. The summed E-state index contributed by atoms with van der Waals surface area (Å²) >= 11 is 16.5. The van der Waals surface area contributed by atoms with Crippen LogP contribution in [-0.4, -0.2) is 17.4 Å². The summed E-state index contributed by atoms with van der Waals surface area (Å²) in [6.07, 6.45) is 0.912. The smallest absolute Gasteiger partial charge is 0.106 e. The summed E-state index contributed by atoms with van der Waals surface area (Å²) < 4.78 is 0. The van der Waals surface area contributed by atoms with Gasteiger partial charge in [0.2, 0.25) is 0 Å². The van der Waals surface area contributed by atoms with Gasteiger partial charge in [0.25, 0.3) is 0 Å². The molecule has 76 valence electrons. The summed E-state index contributed by atoms with van der Waals surface area (Å²) in [4.78, 5) is 0.742. The molecule has 1 nitrogen and oxygen atoms in total. The number of benzene rings is 1. The number of hydrogen-bond acceptors (Lipinski definition) is 1. The van der Waals surface area contributed by atoms with Crippen molar-refractivity contribution in [3.63, 3.8) is 0 Å². The molecular weight excluding hydrogens is 237 g/mol. The molecule has 1 aromatic carbocycles. The van der Waals surface area contributed by atoms with Crippen LogP contribution in [0.15, 0.2) is 24.3 Å². The van der Waals surface area contributed by atoms with Gasteiger partial charge in [-0.05, 0) is 18.6 Å². The van der Waals surface area contributed by atoms with Crippen LogP contribution in [0.3, 0.4) is 0 Å². The third-order valence-electron chi connectivity index (χ3n) is 1.70. The van der Waals surface area contributed by atoms with Gasteiger partial charge in [-0.25, -0.2) is 0 Å². The Morgan fingerprint density at radius 1 is 1.29 bits per heavy atom. The Morgan fingerprint density at radius 2 is 1.93 bits per heavy atom. The molecule has 1 rings (SSSR count). The zero-order chi connectivity index (χ0) is 10.4. The van der Waals surface area contributed by atoms with E-state index in [4.69, 9.17) is 35.4 Å². The lowest BCUT2D eigenvalue weighted by molar-refractivity contribution is 0.853. The maximum absolute atomic E-state index is 5.76. The quantitative estimate of drug-likeness (QED) is 0.498. The van der Waals surface area contributed by atoms with Crippen molar-refractivity contribution in [2.75, 3.05) is 12.4 Å². The molecule has 14 heavy (non-hydrogen) atoms. The lowest BCUT2D eigenvalue weighted by Crippen LogP contribution is -2.23. The van der Waals surface area contributed by atoms with Gasteiger partial charge in [-0.2, -0.15) is 0 Å². The van der Waals surface area contributed by atoms with E-state index in [2.05, 4.69) is 5.32 Å². The molecule has 0 aliphatic carbocycles. The van der Waals surface area contributed by atoms with E-state index in [1.54, 1.807) is 0 Å². The number of thiocarbonyl (C=S) groups is 1. The number of nitrogens with one attached hydrogen (secondary N) is 1. The molecule has 0 heterocycles. The number of halogens is 2. The average molecular weight is 248 g/mol. The molecular formula is C10H11Cl2NS. The van der Waals surface area contributed by atoms with Gasteiger partial charge in [0.05, 0.1) is 0 Å². The maximum Gasteiger partial charge on any atom is 0.106 e. The molecule has 0 aliphatic rings. The molecule has 0 radical (unpaired) electrons. The van der Waals surface area contributed by atoms with Gasteiger partial charge < -0.3 is 5.32 Å². The first-order valence-corrected chi connectivity index (χ1v) is 5.66. The molecule has 0 aromatic heterocycles. The van der Waals surface area contributed by atoms with Crippen molar-refractivity contribution in [1.82, 2.24) is 5.32 Å². The number of alkyl halides is 1. The third kappa shape index (κ3) is 3.82. The second-order valence-electron chi connectivity index (χ2n) is 2.81. The van der Waals surface area contributed by atoms with Gasteiger partial charge in [-0.1, -0.05) is 36.0 Å². The summed E-state index contributed by atoms with van der Waals surface area (Å²) in [7, 11) is 0. The molecule has 0 aliphatic heterocycles. The highest BCUT2D eigenvalue weighted by Crippen LogP contribution is 2.09. The van der Waals surface area contributed by atoms with Crippen LogP contribution in [0.1, 0.15) is 12.0 Å². The van der Waals surface area contributed by atoms with E-state index in [0.717, 1.165) is 28.5 Å². The Kier molecular flexibility index (Phi) is 5.23. The minimum absolute atomic E-state index is 0.649. The molecule has 1 N–H and O–H groups in total. The van der Waals surface area contributed by atoms with Gasteiger partial charge in [0.1, 0.15) is 4.99 Å². The van der Waals surface area contributed by atoms with E-state index in [9.17, 15) is 0 Å². The second-order valence-corrected chi connectivity index (χ2v) is 4.03. The van der Waals surface area contributed by atoms with Crippen LogP contribution in [0.5, 0.6) is 0 Å². The van der Waals surface area contributed by atoms with Crippen LogP contribution in [-0.2, 0) is 0 Å². The highest BCUT2D eigenvalue weighted by Gasteiger charge is 1.99. The largest absolute Gasteiger partial charge is 0.376 e. The Balaban J connectivity index is 2.48. The highest BCUT2D eigenvalue weighted by atomic mass is 35.5. The molecule has 0 unspecified atom stereocenters. The van der Waals surface area contributed by atoms with Crippen molar-refractivity contribution >= 4 is 40.4 Å². The van der Waals surface area contributed by atoms with Crippen molar-refractivity contribution < 1.29 is 0 Å². The van der Waals surface area contributed by atoms with Gasteiger partial charge in [0.15, 0.2) is 0 Å². The Bertz CT molecular complexity index is 297. The van der Waals surface area contributed by atoms with E-state index in [1.807, 2.05) is 24.3 Å². The van der Waals surface area contributed by atoms with Crippen molar-refractivity contribution in [3.05, 3.63) is 34.9 Å². The van der Waals surface area contributed by atoms with Crippen molar-refractivity contribution in [2.45, 2.75) is 6.42 Å². The van der Waals surface area contributed by atoms with Crippen LogP contribution in [0.4, 0.5) is 0 Å². The van der Waals surface area contributed by atoms with Crippen LogP contribution in [0.25, 0.3) is 0 Å². The Labute approximate surface area is 99.4 Å². The Hall–Kier alpha value is -0.310.